The number of nitrogens with zero attached hydrogens (tertiary/aromatic N) is 3. The SMILES string of the molecule is O=S(=O)(NCC[C@@H]1CN(Cc2ccccc2F)Cc2ccnn21)C1CC1. The van der Waals surface area contributed by atoms with Gasteiger partial charge in [-0.25, -0.2) is 17.5 Å². The van der Waals surface area contributed by atoms with E-state index in [2.05, 4.69) is 14.7 Å². The van der Waals surface area contributed by atoms with E-state index in [4.69, 9.17) is 0 Å². The minimum atomic E-state index is -3.16. The van der Waals surface area contributed by atoms with Crippen LogP contribution in [0.15, 0.2) is 36.5 Å². The number of nitrogens with one attached hydrogen (secondary N) is 1. The van der Waals surface area contributed by atoms with Crippen LogP contribution in [0.5, 0.6) is 0 Å². The van der Waals surface area contributed by atoms with Crippen molar-refractivity contribution in [2.24, 2.45) is 0 Å². The highest BCUT2D eigenvalue weighted by atomic mass is 32.2. The molecule has 1 N–H and O–H groups in total. The van der Waals surface area contributed by atoms with Gasteiger partial charge < -0.3 is 0 Å². The highest BCUT2D eigenvalue weighted by Gasteiger charge is 2.35. The number of hydrogen-bond acceptors (Lipinski definition) is 4. The Balaban J connectivity index is 1.42. The van der Waals surface area contributed by atoms with Crippen molar-refractivity contribution < 1.29 is 12.8 Å². The molecule has 0 bridgehead atoms. The van der Waals surface area contributed by atoms with Crippen LogP contribution < -0.4 is 4.72 Å². The molecule has 8 heteroatoms. The van der Waals surface area contributed by atoms with Crippen LogP contribution in [-0.4, -0.2) is 41.4 Å². The van der Waals surface area contributed by atoms with Crippen LogP contribution in [0.1, 0.15) is 36.6 Å². The molecule has 4 rings (SSSR count). The monoisotopic (exact) mass is 378 g/mol. The first-order valence-corrected chi connectivity index (χ1v) is 10.5. The van der Waals surface area contributed by atoms with Gasteiger partial charge >= 0.3 is 0 Å². The van der Waals surface area contributed by atoms with Gasteiger partial charge in [0.25, 0.3) is 0 Å². The van der Waals surface area contributed by atoms with Gasteiger partial charge in [-0.05, 0) is 31.4 Å². The zero-order valence-electron chi connectivity index (χ0n) is 14.5. The molecule has 26 heavy (non-hydrogen) atoms. The number of aromatic nitrogens is 2. The second kappa shape index (κ2) is 7.09. The predicted molar refractivity (Wildman–Crippen MR) is 96.3 cm³/mol. The Morgan fingerprint density at radius 3 is 2.81 bits per heavy atom. The lowest BCUT2D eigenvalue weighted by atomic mass is 10.1. The molecule has 1 aromatic heterocycles. The average molecular weight is 378 g/mol. The average Bonchev–Trinajstić information content (AvgIpc) is 3.37. The molecule has 140 valence electrons. The van der Waals surface area contributed by atoms with Crippen LogP contribution >= 0.6 is 0 Å². The summed E-state index contributed by atoms with van der Waals surface area (Å²) in [5, 5.41) is 4.20. The first-order valence-electron chi connectivity index (χ1n) is 8.99. The van der Waals surface area contributed by atoms with Crippen molar-refractivity contribution in [3.05, 3.63) is 53.6 Å². The van der Waals surface area contributed by atoms with Crippen molar-refractivity contribution in [2.75, 3.05) is 13.1 Å². The first kappa shape index (κ1) is 17.6. The molecule has 1 aliphatic carbocycles. The van der Waals surface area contributed by atoms with Crippen molar-refractivity contribution >= 4 is 10.0 Å². The van der Waals surface area contributed by atoms with E-state index in [0.29, 0.717) is 38.2 Å². The van der Waals surface area contributed by atoms with Crippen LogP contribution in [-0.2, 0) is 23.1 Å². The summed E-state index contributed by atoms with van der Waals surface area (Å²) >= 11 is 0. The Morgan fingerprint density at radius 2 is 2.04 bits per heavy atom. The van der Waals surface area contributed by atoms with Crippen LogP contribution in [0.2, 0.25) is 0 Å². The molecule has 6 nitrogen and oxygen atoms in total. The second-order valence-corrected chi connectivity index (χ2v) is 9.15. The molecule has 1 fully saturated rings. The third-order valence-corrected chi connectivity index (χ3v) is 7.00. The Labute approximate surface area is 153 Å². The minimum Gasteiger partial charge on any atom is -0.291 e. The van der Waals surface area contributed by atoms with Crippen molar-refractivity contribution in [2.45, 2.75) is 43.6 Å². The van der Waals surface area contributed by atoms with E-state index in [1.165, 1.54) is 6.07 Å². The van der Waals surface area contributed by atoms with Gasteiger partial charge in [0.2, 0.25) is 10.0 Å². The summed E-state index contributed by atoms with van der Waals surface area (Å²) in [7, 11) is -3.16. The minimum absolute atomic E-state index is 0.0717. The Kier molecular flexibility index (Phi) is 4.81. The molecular formula is C18H23FN4O2S. The smallest absolute Gasteiger partial charge is 0.214 e. The molecule has 0 saturated heterocycles. The maximum absolute atomic E-state index is 14.0. The topological polar surface area (TPSA) is 67.2 Å². The molecular weight excluding hydrogens is 355 g/mol. The molecule has 0 amide bonds. The summed E-state index contributed by atoms with van der Waals surface area (Å²) in [6, 6.07) is 8.86. The van der Waals surface area contributed by atoms with Gasteiger partial charge in [-0.2, -0.15) is 5.10 Å². The number of halogens is 1. The fourth-order valence-electron chi connectivity index (χ4n) is 3.53. The van der Waals surface area contributed by atoms with Crippen molar-refractivity contribution in [3.8, 4) is 0 Å². The van der Waals surface area contributed by atoms with Gasteiger partial charge in [0.05, 0.1) is 17.0 Å². The molecule has 0 spiro atoms. The number of sulfonamides is 1. The van der Waals surface area contributed by atoms with Gasteiger partial charge in [-0.1, -0.05) is 18.2 Å². The number of fused-ring (bicyclic) bond motifs is 1. The number of rotatable bonds is 7. The van der Waals surface area contributed by atoms with E-state index in [1.807, 2.05) is 16.8 Å². The van der Waals surface area contributed by atoms with E-state index in [9.17, 15) is 12.8 Å². The number of benzene rings is 1. The summed E-state index contributed by atoms with van der Waals surface area (Å²) in [4.78, 5) is 2.19. The van der Waals surface area contributed by atoms with Gasteiger partial charge in [0.15, 0.2) is 0 Å². The lowest BCUT2D eigenvalue weighted by Gasteiger charge is -2.34. The predicted octanol–water partition coefficient (Wildman–Crippen LogP) is 2.05. The fourth-order valence-corrected chi connectivity index (χ4v) is 4.92. The number of hydrogen-bond donors (Lipinski definition) is 1. The standard InChI is InChI=1S/C18H23FN4O2S/c19-18-4-2-1-3-14(18)11-22-12-15-7-9-20-23(15)16(13-22)8-10-21-26(24,25)17-5-6-17/h1-4,7,9,16-17,21H,5-6,8,10-13H2/t16-/m1/s1. The third-order valence-electron chi connectivity index (χ3n) is 5.05. The zero-order valence-corrected chi connectivity index (χ0v) is 15.3. The van der Waals surface area contributed by atoms with Crippen molar-refractivity contribution in [3.63, 3.8) is 0 Å². The van der Waals surface area contributed by atoms with Gasteiger partial charge in [-0.3, -0.25) is 9.58 Å². The van der Waals surface area contributed by atoms with E-state index < -0.39 is 10.0 Å². The van der Waals surface area contributed by atoms with E-state index in [0.717, 1.165) is 18.5 Å². The van der Waals surface area contributed by atoms with Gasteiger partial charge in [0.1, 0.15) is 5.82 Å². The fraction of sp³-hybridized carbons (Fsp3) is 0.500. The van der Waals surface area contributed by atoms with E-state index in [-0.39, 0.29) is 17.1 Å². The maximum Gasteiger partial charge on any atom is 0.214 e. The second-order valence-electron chi connectivity index (χ2n) is 7.11. The summed E-state index contributed by atoms with van der Waals surface area (Å²) in [6.45, 7) is 2.35. The van der Waals surface area contributed by atoms with E-state index >= 15 is 0 Å². The molecule has 1 aromatic carbocycles. The lowest BCUT2D eigenvalue weighted by Crippen LogP contribution is -2.39. The third kappa shape index (κ3) is 3.82. The molecule has 0 radical (unpaired) electrons. The normalized spacial score (nSPS) is 20.9. The molecule has 2 aromatic rings. The summed E-state index contributed by atoms with van der Waals surface area (Å²) in [6.07, 6.45) is 3.95. The summed E-state index contributed by atoms with van der Waals surface area (Å²) in [5.74, 6) is -0.194. The van der Waals surface area contributed by atoms with Crippen molar-refractivity contribution in [1.82, 2.24) is 19.4 Å². The zero-order chi connectivity index (χ0) is 18.1. The molecule has 2 heterocycles. The van der Waals surface area contributed by atoms with Crippen LogP contribution in [0.4, 0.5) is 4.39 Å². The van der Waals surface area contributed by atoms with Gasteiger partial charge in [0, 0.05) is 37.9 Å². The molecule has 1 atom stereocenters. The lowest BCUT2D eigenvalue weighted by molar-refractivity contribution is 0.160. The molecule has 1 saturated carbocycles. The molecule has 1 aliphatic heterocycles. The van der Waals surface area contributed by atoms with Crippen LogP contribution in [0, 0.1) is 5.82 Å². The Hall–Kier alpha value is -1.77. The Bertz CT molecular complexity index is 879. The quantitative estimate of drug-likeness (QED) is 0.801. The first-order chi connectivity index (χ1) is 12.5. The van der Waals surface area contributed by atoms with Crippen molar-refractivity contribution in [1.29, 1.82) is 0 Å². The highest BCUT2D eigenvalue weighted by Crippen LogP contribution is 2.28. The Morgan fingerprint density at radius 1 is 1.23 bits per heavy atom. The summed E-state index contributed by atoms with van der Waals surface area (Å²) in [5.41, 5.74) is 1.75. The molecule has 2 aliphatic rings. The van der Waals surface area contributed by atoms with Gasteiger partial charge in [-0.15, -0.1) is 0 Å². The van der Waals surface area contributed by atoms with Crippen LogP contribution in [0.25, 0.3) is 0 Å². The van der Waals surface area contributed by atoms with Crippen LogP contribution in [0.3, 0.4) is 0 Å². The summed E-state index contributed by atoms with van der Waals surface area (Å²) < 4.78 is 42.6. The maximum atomic E-state index is 14.0. The van der Waals surface area contributed by atoms with E-state index in [1.54, 1.807) is 18.3 Å². The molecule has 0 unspecified atom stereocenters. The largest absolute Gasteiger partial charge is 0.291 e. The highest BCUT2D eigenvalue weighted by molar-refractivity contribution is 7.90.